The summed E-state index contributed by atoms with van der Waals surface area (Å²) >= 11 is 1.84. The van der Waals surface area contributed by atoms with Gasteiger partial charge in [-0.2, -0.15) is 0 Å². The molecule has 27 heavy (non-hydrogen) atoms. The molecule has 1 aliphatic heterocycles. The van der Waals surface area contributed by atoms with E-state index in [2.05, 4.69) is 34.7 Å². The van der Waals surface area contributed by atoms with Crippen LogP contribution < -0.4 is 5.32 Å². The lowest BCUT2D eigenvalue weighted by molar-refractivity contribution is -0.146. The first-order valence-corrected chi connectivity index (χ1v) is 12.0. The molecule has 4 aliphatic carbocycles. The Morgan fingerprint density at radius 3 is 2.37 bits per heavy atom. The van der Waals surface area contributed by atoms with Crippen molar-refractivity contribution < 1.29 is 4.79 Å². The van der Waals surface area contributed by atoms with E-state index in [1.54, 1.807) is 0 Å². The van der Waals surface area contributed by atoms with E-state index in [9.17, 15) is 4.79 Å². The quantitative estimate of drug-likeness (QED) is 0.784. The van der Waals surface area contributed by atoms with E-state index in [0.717, 1.165) is 62.6 Å². The van der Waals surface area contributed by atoms with Gasteiger partial charge in [-0.15, -0.1) is 11.3 Å². The first-order chi connectivity index (χ1) is 13.1. The molecule has 4 heteroatoms. The molecule has 0 unspecified atom stereocenters. The summed E-state index contributed by atoms with van der Waals surface area (Å²) in [6, 6.07) is 4.76. The number of likely N-dealkylation sites (tertiary alicyclic amines) is 1. The average molecular weight is 387 g/mol. The zero-order valence-electron chi connectivity index (χ0n) is 16.7. The zero-order chi connectivity index (χ0) is 18.4. The molecule has 1 atom stereocenters. The van der Waals surface area contributed by atoms with E-state index in [0.29, 0.717) is 11.9 Å². The first-order valence-electron chi connectivity index (χ1n) is 11.2. The molecule has 148 valence electrons. The summed E-state index contributed by atoms with van der Waals surface area (Å²) in [5, 5.41) is 5.64. The van der Waals surface area contributed by atoms with Gasteiger partial charge >= 0.3 is 0 Å². The Kier molecular flexibility index (Phi) is 4.84. The van der Waals surface area contributed by atoms with Gasteiger partial charge in [-0.3, -0.25) is 9.69 Å². The second kappa shape index (κ2) is 7.18. The van der Waals surface area contributed by atoms with Crippen LogP contribution in [-0.2, 0) is 4.79 Å². The molecular weight excluding hydrogens is 352 g/mol. The van der Waals surface area contributed by atoms with Gasteiger partial charge in [0.1, 0.15) is 0 Å². The maximum absolute atomic E-state index is 13.4. The number of nitrogens with zero attached hydrogens (tertiary/aromatic N) is 1. The van der Waals surface area contributed by atoms with Crippen LogP contribution in [0, 0.1) is 29.1 Å². The van der Waals surface area contributed by atoms with Crippen molar-refractivity contribution >= 4 is 17.2 Å². The largest absolute Gasteiger partial charge is 0.354 e. The molecule has 0 spiro atoms. The van der Waals surface area contributed by atoms with Gasteiger partial charge in [0.15, 0.2) is 0 Å². The van der Waals surface area contributed by atoms with Crippen LogP contribution in [0.1, 0.15) is 69.2 Å². The van der Waals surface area contributed by atoms with Crippen molar-refractivity contribution in [2.45, 2.75) is 64.3 Å². The van der Waals surface area contributed by atoms with E-state index in [4.69, 9.17) is 0 Å². The van der Waals surface area contributed by atoms with Crippen molar-refractivity contribution in [3.8, 4) is 0 Å². The minimum Gasteiger partial charge on any atom is -0.354 e. The van der Waals surface area contributed by atoms with Gasteiger partial charge in [-0.05, 0) is 99.6 Å². The van der Waals surface area contributed by atoms with Crippen molar-refractivity contribution in [3.63, 3.8) is 0 Å². The van der Waals surface area contributed by atoms with Crippen LogP contribution in [0.2, 0.25) is 0 Å². The fourth-order valence-electron chi connectivity index (χ4n) is 7.00. The van der Waals surface area contributed by atoms with Crippen molar-refractivity contribution in [3.05, 3.63) is 22.4 Å². The fraction of sp³-hybridized carbons (Fsp3) is 0.783. The highest BCUT2D eigenvalue weighted by Gasteiger charge is 2.54. The van der Waals surface area contributed by atoms with Crippen LogP contribution in [0.3, 0.4) is 0 Å². The molecule has 5 aliphatic rings. The summed E-state index contributed by atoms with van der Waals surface area (Å²) in [5.74, 6) is 3.72. The van der Waals surface area contributed by atoms with Gasteiger partial charge in [-0.25, -0.2) is 0 Å². The molecule has 3 nitrogen and oxygen atoms in total. The van der Waals surface area contributed by atoms with Gasteiger partial charge < -0.3 is 5.32 Å². The van der Waals surface area contributed by atoms with E-state index < -0.39 is 0 Å². The van der Waals surface area contributed by atoms with Gasteiger partial charge in [0.2, 0.25) is 5.91 Å². The Morgan fingerprint density at radius 2 is 1.81 bits per heavy atom. The average Bonchev–Trinajstić information content (AvgIpc) is 3.16. The highest BCUT2D eigenvalue weighted by Crippen LogP contribution is 2.60. The number of thiophene rings is 1. The lowest BCUT2D eigenvalue weighted by Gasteiger charge is -2.55. The fourth-order valence-corrected chi connectivity index (χ4v) is 7.86. The smallest absolute Gasteiger partial charge is 0.226 e. The predicted molar refractivity (Wildman–Crippen MR) is 111 cm³/mol. The molecule has 1 amide bonds. The van der Waals surface area contributed by atoms with Crippen LogP contribution in [0.4, 0.5) is 0 Å². The van der Waals surface area contributed by atoms with Gasteiger partial charge in [0.05, 0.1) is 6.04 Å². The Labute approximate surface area is 167 Å². The maximum Gasteiger partial charge on any atom is 0.226 e. The van der Waals surface area contributed by atoms with Crippen LogP contribution in [0.5, 0.6) is 0 Å². The first kappa shape index (κ1) is 18.2. The molecule has 1 aromatic heterocycles. The molecule has 5 fully saturated rings. The number of piperidine rings is 1. The van der Waals surface area contributed by atoms with Crippen LogP contribution in [-0.4, -0.2) is 30.4 Å². The highest BCUT2D eigenvalue weighted by molar-refractivity contribution is 7.10. The molecule has 4 bridgehead atoms. The molecule has 0 aromatic carbocycles. The number of amides is 1. The molecule has 2 heterocycles. The number of carbonyl (C=O) groups excluding carboxylic acids is 1. The summed E-state index contributed by atoms with van der Waals surface area (Å²) in [7, 11) is 0. The summed E-state index contributed by atoms with van der Waals surface area (Å²) < 4.78 is 0. The van der Waals surface area contributed by atoms with E-state index in [1.807, 2.05) is 11.3 Å². The second-order valence-electron chi connectivity index (χ2n) is 10.2. The monoisotopic (exact) mass is 386 g/mol. The Hall–Kier alpha value is -0.870. The normalized spacial score (nSPS) is 37.4. The van der Waals surface area contributed by atoms with Crippen molar-refractivity contribution in [2.75, 3.05) is 19.6 Å². The van der Waals surface area contributed by atoms with Crippen molar-refractivity contribution in [1.82, 2.24) is 10.2 Å². The molecular formula is C23H34N2OS. The Bertz CT molecular complexity index is 627. The van der Waals surface area contributed by atoms with Gasteiger partial charge in [0.25, 0.3) is 0 Å². The predicted octanol–water partition coefficient (Wildman–Crippen LogP) is 4.85. The topological polar surface area (TPSA) is 32.3 Å². The standard InChI is InChI=1S/C23H34N2OS/c1-16-4-6-25(7-5-16)20(21-3-2-8-27-21)15-24-22(26)23-12-17-9-18(13-23)11-19(10-17)14-23/h2-3,8,16-20H,4-7,9-15H2,1H3,(H,24,26)/t17?,18?,19?,20-,23?/m1/s1. The molecule has 0 radical (unpaired) electrons. The number of rotatable bonds is 5. The van der Waals surface area contributed by atoms with E-state index in [-0.39, 0.29) is 5.41 Å². The van der Waals surface area contributed by atoms with Crippen molar-refractivity contribution in [1.29, 1.82) is 0 Å². The third-order valence-corrected chi connectivity index (χ3v) is 9.08. The van der Waals surface area contributed by atoms with Crippen LogP contribution in [0.25, 0.3) is 0 Å². The maximum atomic E-state index is 13.4. The lowest BCUT2D eigenvalue weighted by Crippen LogP contribution is -2.54. The minimum absolute atomic E-state index is 0.0227. The van der Waals surface area contributed by atoms with Gasteiger partial charge in [-0.1, -0.05) is 13.0 Å². The summed E-state index contributed by atoms with van der Waals surface area (Å²) in [6.07, 6.45) is 10.2. The third kappa shape index (κ3) is 3.48. The Morgan fingerprint density at radius 1 is 1.19 bits per heavy atom. The van der Waals surface area contributed by atoms with Crippen molar-refractivity contribution in [2.24, 2.45) is 29.1 Å². The molecule has 1 aromatic rings. The number of carbonyl (C=O) groups is 1. The number of hydrogen-bond acceptors (Lipinski definition) is 3. The van der Waals surface area contributed by atoms with Crippen LogP contribution in [0.15, 0.2) is 17.5 Å². The number of hydrogen-bond donors (Lipinski definition) is 1. The summed E-state index contributed by atoms with van der Waals surface area (Å²) in [5.41, 5.74) is -0.0227. The summed E-state index contributed by atoms with van der Waals surface area (Å²) in [4.78, 5) is 17.4. The Balaban J connectivity index is 1.27. The van der Waals surface area contributed by atoms with E-state index in [1.165, 1.54) is 37.0 Å². The minimum atomic E-state index is -0.0227. The second-order valence-corrected chi connectivity index (χ2v) is 11.1. The van der Waals surface area contributed by atoms with Gasteiger partial charge in [0, 0.05) is 16.8 Å². The number of nitrogens with one attached hydrogen (secondary N) is 1. The zero-order valence-corrected chi connectivity index (χ0v) is 17.5. The third-order valence-electron chi connectivity index (χ3n) is 8.11. The highest BCUT2D eigenvalue weighted by atomic mass is 32.1. The molecule has 6 rings (SSSR count). The van der Waals surface area contributed by atoms with Crippen LogP contribution >= 0.6 is 11.3 Å². The molecule has 1 N–H and O–H groups in total. The van der Waals surface area contributed by atoms with E-state index >= 15 is 0 Å². The SMILES string of the molecule is CC1CCN([C@H](CNC(=O)C23CC4CC(CC(C4)C2)C3)c2cccs2)CC1. The lowest BCUT2D eigenvalue weighted by atomic mass is 9.49. The summed E-state index contributed by atoms with van der Waals surface area (Å²) in [6.45, 7) is 5.48. The molecule has 4 saturated carbocycles. The molecule has 1 saturated heterocycles.